The molecular formula is C18H36N2. The molecule has 20 heavy (non-hydrogen) atoms. The van der Waals surface area contributed by atoms with Gasteiger partial charge in [0.05, 0.1) is 0 Å². The number of hydrogen-bond acceptors (Lipinski definition) is 2. The molecule has 0 aromatic carbocycles. The fourth-order valence-electron chi connectivity index (χ4n) is 4.47. The Morgan fingerprint density at radius 3 is 2.40 bits per heavy atom. The van der Waals surface area contributed by atoms with Crippen molar-refractivity contribution >= 4 is 0 Å². The Balaban J connectivity index is 1.89. The third-order valence-electron chi connectivity index (χ3n) is 5.25. The van der Waals surface area contributed by atoms with E-state index in [9.17, 15) is 0 Å². The van der Waals surface area contributed by atoms with Crippen molar-refractivity contribution in [3.05, 3.63) is 0 Å². The molecule has 1 saturated carbocycles. The summed E-state index contributed by atoms with van der Waals surface area (Å²) in [5.41, 5.74) is 0. The fourth-order valence-corrected chi connectivity index (χ4v) is 4.47. The van der Waals surface area contributed by atoms with Crippen LogP contribution in [0.4, 0.5) is 0 Å². The van der Waals surface area contributed by atoms with Gasteiger partial charge in [0, 0.05) is 25.7 Å². The molecule has 1 aliphatic heterocycles. The topological polar surface area (TPSA) is 15.3 Å². The molecule has 1 heterocycles. The van der Waals surface area contributed by atoms with Gasteiger partial charge in [0.2, 0.25) is 0 Å². The molecule has 4 atom stereocenters. The van der Waals surface area contributed by atoms with Gasteiger partial charge in [0.15, 0.2) is 0 Å². The van der Waals surface area contributed by atoms with Crippen molar-refractivity contribution in [2.24, 2.45) is 17.8 Å². The summed E-state index contributed by atoms with van der Waals surface area (Å²) in [6.45, 7) is 12.4. The highest BCUT2D eigenvalue weighted by atomic mass is 15.1. The van der Waals surface area contributed by atoms with Crippen LogP contribution in [0.1, 0.15) is 65.7 Å². The van der Waals surface area contributed by atoms with Gasteiger partial charge in [-0.2, -0.15) is 0 Å². The van der Waals surface area contributed by atoms with E-state index in [0.29, 0.717) is 0 Å². The third kappa shape index (κ3) is 5.04. The summed E-state index contributed by atoms with van der Waals surface area (Å²) in [5, 5.41) is 3.85. The molecule has 2 nitrogen and oxygen atoms in total. The Morgan fingerprint density at radius 1 is 1.00 bits per heavy atom. The first-order valence-electron chi connectivity index (χ1n) is 9.14. The van der Waals surface area contributed by atoms with Crippen molar-refractivity contribution in [2.45, 2.75) is 71.8 Å². The van der Waals surface area contributed by atoms with Crippen molar-refractivity contribution in [3.63, 3.8) is 0 Å². The second-order valence-corrected chi connectivity index (χ2v) is 7.62. The average Bonchev–Trinajstić information content (AvgIpc) is 2.60. The number of nitrogens with one attached hydrogen (secondary N) is 1. The highest BCUT2D eigenvalue weighted by molar-refractivity contribution is 4.84. The van der Waals surface area contributed by atoms with Crippen molar-refractivity contribution in [3.8, 4) is 0 Å². The molecule has 0 aromatic rings. The van der Waals surface area contributed by atoms with Gasteiger partial charge < -0.3 is 10.2 Å². The van der Waals surface area contributed by atoms with Crippen LogP contribution in [0, 0.1) is 17.8 Å². The summed E-state index contributed by atoms with van der Waals surface area (Å²) in [6, 6.07) is 0.782. The van der Waals surface area contributed by atoms with E-state index in [0.717, 1.165) is 23.8 Å². The Labute approximate surface area is 126 Å². The summed E-state index contributed by atoms with van der Waals surface area (Å²) in [6.07, 6.45) is 9.89. The van der Waals surface area contributed by atoms with Crippen molar-refractivity contribution in [1.82, 2.24) is 10.2 Å². The fraction of sp³-hybridized carbons (Fsp3) is 1.00. The number of likely N-dealkylation sites (tertiary alicyclic amines) is 1. The van der Waals surface area contributed by atoms with Crippen molar-refractivity contribution in [1.29, 1.82) is 0 Å². The quantitative estimate of drug-likeness (QED) is 0.768. The first-order valence-corrected chi connectivity index (χ1v) is 9.14. The zero-order chi connectivity index (χ0) is 14.4. The molecule has 4 unspecified atom stereocenters. The summed E-state index contributed by atoms with van der Waals surface area (Å²) < 4.78 is 0. The van der Waals surface area contributed by atoms with Crippen LogP contribution in [0.25, 0.3) is 0 Å². The molecule has 2 aliphatic rings. The van der Waals surface area contributed by atoms with Gasteiger partial charge in [0.1, 0.15) is 0 Å². The van der Waals surface area contributed by atoms with E-state index in [1.54, 1.807) is 0 Å². The smallest absolute Gasteiger partial charge is 0.0107 e. The van der Waals surface area contributed by atoms with E-state index in [1.165, 1.54) is 71.1 Å². The molecule has 1 N–H and O–H groups in total. The van der Waals surface area contributed by atoms with E-state index < -0.39 is 0 Å². The minimum absolute atomic E-state index is 0.782. The molecule has 0 spiro atoms. The minimum atomic E-state index is 0.782. The van der Waals surface area contributed by atoms with Gasteiger partial charge in [-0.1, -0.05) is 40.0 Å². The number of nitrogens with zero attached hydrogens (tertiary/aromatic N) is 1. The predicted molar refractivity (Wildman–Crippen MR) is 88.0 cm³/mol. The molecule has 0 bridgehead atoms. The molecule has 2 fully saturated rings. The number of rotatable bonds is 5. The zero-order valence-electron chi connectivity index (χ0n) is 14.0. The number of hydrogen-bond donors (Lipinski definition) is 1. The molecule has 0 amide bonds. The lowest BCUT2D eigenvalue weighted by atomic mass is 9.89. The first-order chi connectivity index (χ1) is 9.69. The maximum absolute atomic E-state index is 3.85. The lowest BCUT2D eigenvalue weighted by Crippen LogP contribution is -2.46. The molecule has 2 heteroatoms. The van der Waals surface area contributed by atoms with Gasteiger partial charge in [-0.25, -0.2) is 0 Å². The van der Waals surface area contributed by atoms with E-state index in [4.69, 9.17) is 0 Å². The standard InChI is InChI=1S/C18H36N2/c1-4-10-19-18-9-7-5-6-8-17(18)14-20-12-15(2)11-16(3)13-20/h15-19H,4-14H2,1-3H3. The van der Waals surface area contributed by atoms with Crippen LogP contribution in [0.5, 0.6) is 0 Å². The van der Waals surface area contributed by atoms with E-state index >= 15 is 0 Å². The van der Waals surface area contributed by atoms with E-state index in [1.807, 2.05) is 0 Å². The second kappa shape index (κ2) is 8.38. The molecule has 2 rings (SSSR count). The monoisotopic (exact) mass is 280 g/mol. The van der Waals surface area contributed by atoms with Crippen molar-refractivity contribution in [2.75, 3.05) is 26.2 Å². The van der Waals surface area contributed by atoms with Crippen LogP contribution >= 0.6 is 0 Å². The Kier molecular flexibility index (Phi) is 6.83. The van der Waals surface area contributed by atoms with Crippen LogP contribution in [0.2, 0.25) is 0 Å². The van der Waals surface area contributed by atoms with Crippen LogP contribution < -0.4 is 5.32 Å². The summed E-state index contributed by atoms with van der Waals surface area (Å²) in [4.78, 5) is 2.77. The predicted octanol–water partition coefficient (Wildman–Crippen LogP) is 3.91. The summed E-state index contributed by atoms with van der Waals surface area (Å²) in [7, 11) is 0. The minimum Gasteiger partial charge on any atom is -0.314 e. The lowest BCUT2D eigenvalue weighted by Gasteiger charge is -2.38. The average molecular weight is 280 g/mol. The summed E-state index contributed by atoms with van der Waals surface area (Å²) >= 11 is 0. The first kappa shape index (κ1) is 16.3. The Hall–Kier alpha value is -0.0800. The zero-order valence-corrected chi connectivity index (χ0v) is 14.0. The lowest BCUT2D eigenvalue weighted by molar-refractivity contribution is 0.109. The van der Waals surface area contributed by atoms with Crippen LogP contribution in [-0.2, 0) is 0 Å². The molecule has 1 aliphatic carbocycles. The molecular weight excluding hydrogens is 244 g/mol. The SMILES string of the molecule is CCCNC1CCCCCC1CN1CC(C)CC(C)C1. The van der Waals surface area contributed by atoms with Crippen LogP contribution in [0.3, 0.4) is 0 Å². The molecule has 0 radical (unpaired) electrons. The molecule has 1 saturated heterocycles. The normalized spacial score (nSPS) is 36.8. The maximum atomic E-state index is 3.85. The largest absolute Gasteiger partial charge is 0.314 e. The van der Waals surface area contributed by atoms with Gasteiger partial charge in [-0.15, -0.1) is 0 Å². The van der Waals surface area contributed by atoms with Crippen molar-refractivity contribution < 1.29 is 0 Å². The third-order valence-corrected chi connectivity index (χ3v) is 5.25. The number of piperidine rings is 1. The highest BCUT2D eigenvalue weighted by Crippen LogP contribution is 2.27. The van der Waals surface area contributed by atoms with Crippen LogP contribution in [0.15, 0.2) is 0 Å². The van der Waals surface area contributed by atoms with Crippen LogP contribution in [-0.4, -0.2) is 37.1 Å². The van der Waals surface area contributed by atoms with E-state index in [-0.39, 0.29) is 0 Å². The maximum Gasteiger partial charge on any atom is 0.0107 e. The molecule has 0 aromatic heterocycles. The second-order valence-electron chi connectivity index (χ2n) is 7.62. The highest BCUT2D eigenvalue weighted by Gasteiger charge is 2.28. The Morgan fingerprint density at radius 2 is 1.70 bits per heavy atom. The van der Waals surface area contributed by atoms with Gasteiger partial charge in [0.25, 0.3) is 0 Å². The van der Waals surface area contributed by atoms with Gasteiger partial charge >= 0.3 is 0 Å². The molecule has 118 valence electrons. The van der Waals surface area contributed by atoms with Gasteiger partial charge in [-0.3, -0.25) is 0 Å². The Bertz CT molecular complexity index is 256. The van der Waals surface area contributed by atoms with E-state index in [2.05, 4.69) is 31.0 Å². The van der Waals surface area contributed by atoms with Gasteiger partial charge in [-0.05, 0) is 50.0 Å². The summed E-state index contributed by atoms with van der Waals surface area (Å²) in [5.74, 6) is 2.68.